The van der Waals surface area contributed by atoms with Crippen molar-refractivity contribution >= 4 is 11.8 Å². The van der Waals surface area contributed by atoms with Crippen molar-refractivity contribution in [1.82, 2.24) is 10.2 Å². The Kier molecular flexibility index (Phi) is 2.07. The number of carboxylic acids is 1. The van der Waals surface area contributed by atoms with Crippen molar-refractivity contribution < 1.29 is 14.7 Å². The Morgan fingerprint density at radius 2 is 2.07 bits per heavy atom. The lowest BCUT2D eigenvalue weighted by molar-refractivity contribution is 0.0689. The normalized spacial score (nSPS) is 16.1. The van der Waals surface area contributed by atoms with Crippen LogP contribution in [0.25, 0.3) is 0 Å². The number of carboxylic acid groups (broad SMARTS) is 1. The smallest absolute Gasteiger partial charge is 0.354 e. The number of rotatable bonds is 1. The highest BCUT2D eigenvalue weighted by Gasteiger charge is 2.24. The Labute approximate surface area is 80.1 Å². The van der Waals surface area contributed by atoms with Crippen LogP contribution in [0.15, 0.2) is 0 Å². The summed E-state index contributed by atoms with van der Waals surface area (Å²) >= 11 is 0. The zero-order chi connectivity index (χ0) is 10.1. The van der Waals surface area contributed by atoms with E-state index in [2.05, 4.69) is 10.2 Å². The maximum absolute atomic E-state index is 11.5. The second-order valence-electron chi connectivity index (χ2n) is 3.36. The third kappa shape index (κ3) is 1.30. The number of carbonyl (C=O) groups excluding carboxylic acids is 1. The number of hydrogen-bond acceptors (Lipinski definition) is 3. The molecule has 1 aliphatic carbocycles. The van der Waals surface area contributed by atoms with E-state index in [0.717, 1.165) is 12.8 Å². The largest absolute Gasteiger partial charge is 0.477 e. The van der Waals surface area contributed by atoms with Crippen LogP contribution >= 0.6 is 0 Å². The standard InChI is InChI=1S/C9H10N2O3/c12-6-4-2-1-3-5-7(6)10-11-8(5)9(13)14/h1-4H2,(H,10,11)(H,13,14). The minimum Gasteiger partial charge on any atom is -0.477 e. The van der Waals surface area contributed by atoms with Crippen molar-refractivity contribution in [2.75, 3.05) is 0 Å². The molecule has 0 aliphatic heterocycles. The number of hydrogen-bond donors (Lipinski definition) is 2. The van der Waals surface area contributed by atoms with E-state index in [1.165, 1.54) is 0 Å². The van der Waals surface area contributed by atoms with Gasteiger partial charge in [0.15, 0.2) is 5.78 Å². The molecule has 0 unspecified atom stereocenters. The van der Waals surface area contributed by atoms with Crippen molar-refractivity contribution in [1.29, 1.82) is 0 Å². The van der Waals surface area contributed by atoms with Gasteiger partial charge in [0.1, 0.15) is 11.4 Å². The van der Waals surface area contributed by atoms with Crippen LogP contribution in [0.4, 0.5) is 0 Å². The molecule has 5 nitrogen and oxygen atoms in total. The molecule has 74 valence electrons. The van der Waals surface area contributed by atoms with Gasteiger partial charge in [0.05, 0.1) is 0 Å². The average molecular weight is 194 g/mol. The topological polar surface area (TPSA) is 83.0 Å². The number of aromatic carboxylic acids is 1. The van der Waals surface area contributed by atoms with Crippen LogP contribution in [-0.4, -0.2) is 27.1 Å². The fourth-order valence-electron chi connectivity index (χ4n) is 1.72. The van der Waals surface area contributed by atoms with Crippen LogP contribution in [0, 0.1) is 0 Å². The lowest BCUT2D eigenvalue weighted by atomic mass is 10.1. The van der Waals surface area contributed by atoms with Crippen LogP contribution in [0.3, 0.4) is 0 Å². The highest BCUT2D eigenvalue weighted by atomic mass is 16.4. The molecule has 0 atom stereocenters. The summed E-state index contributed by atoms with van der Waals surface area (Å²) in [5, 5.41) is 15.0. The molecule has 2 N–H and O–H groups in total. The van der Waals surface area contributed by atoms with Gasteiger partial charge in [-0.2, -0.15) is 5.10 Å². The zero-order valence-corrected chi connectivity index (χ0v) is 7.54. The van der Waals surface area contributed by atoms with Gasteiger partial charge in [0.2, 0.25) is 0 Å². The second kappa shape index (κ2) is 3.25. The summed E-state index contributed by atoms with van der Waals surface area (Å²) in [4.78, 5) is 22.2. The minimum absolute atomic E-state index is 0.0544. The Hall–Kier alpha value is -1.65. The van der Waals surface area contributed by atoms with Crippen LogP contribution in [-0.2, 0) is 6.42 Å². The van der Waals surface area contributed by atoms with Gasteiger partial charge in [0, 0.05) is 12.0 Å². The van der Waals surface area contributed by atoms with Gasteiger partial charge in [0.25, 0.3) is 0 Å². The summed E-state index contributed by atoms with van der Waals surface area (Å²) in [6.45, 7) is 0. The second-order valence-corrected chi connectivity index (χ2v) is 3.36. The SMILES string of the molecule is O=C1CCCCc2c1n[nH]c2C(=O)O. The molecule has 1 aromatic heterocycles. The molecular formula is C9H10N2O3. The molecule has 0 saturated heterocycles. The minimum atomic E-state index is -1.05. The zero-order valence-electron chi connectivity index (χ0n) is 7.54. The number of H-pyrrole nitrogens is 1. The molecule has 1 heterocycles. The first-order valence-electron chi connectivity index (χ1n) is 4.54. The van der Waals surface area contributed by atoms with Crippen molar-refractivity contribution in [2.24, 2.45) is 0 Å². The van der Waals surface area contributed by atoms with Gasteiger partial charge in [-0.05, 0) is 19.3 Å². The monoisotopic (exact) mass is 194 g/mol. The fourth-order valence-corrected chi connectivity index (χ4v) is 1.72. The first kappa shape index (κ1) is 8.93. The summed E-state index contributed by atoms with van der Waals surface area (Å²) in [6.07, 6.45) is 2.75. The van der Waals surface area contributed by atoms with Crippen molar-refractivity contribution in [3.05, 3.63) is 17.0 Å². The van der Waals surface area contributed by atoms with Crippen molar-refractivity contribution in [3.63, 3.8) is 0 Å². The molecule has 0 radical (unpaired) electrons. The highest BCUT2D eigenvalue weighted by molar-refractivity contribution is 5.99. The first-order valence-corrected chi connectivity index (χ1v) is 4.54. The van der Waals surface area contributed by atoms with Gasteiger partial charge in [-0.1, -0.05) is 0 Å². The third-order valence-corrected chi connectivity index (χ3v) is 2.43. The van der Waals surface area contributed by atoms with E-state index in [0.29, 0.717) is 24.1 Å². The lowest BCUT2D eigenvalue weighted by Crippen LogP contribution is -2.03. The molecule has 1 aliphatic rings. The van der Waals surface area contributed by atoms with Crippen LogP contribution in [0.1, 0.15) is 45.8 Å². The quantitative estimate of drug-likeness (QED) is 0.653. The molecule has 0 spiro atoms. The van der Waals surface area contributed by atoms with E-state index in [9.17, 15) is 9.59 Å². The predicted molar refractivity (Wildman–Crippen MR) is 47.4 cm³/mol. The molecule has 0 bridgehead atoms. The van der Waals surface area contributed by atoms with E-state index < -0.39 is 5.97 Å². The third-order valence-electron chi connectivity index (χ3n) is 2.43. The van der Waals surface area contributed by atoms with E-state index >= 15 is 0 Å². The molecule has 0 fully saturated rings. The summed E-state index contributed by atoms with van der Waals surface area (Å²) < 4.78 is 0. The van der Waals surface area contributed by atoms with Crippen molar-refractivity contribution in [3.8, 4) is 0 Å². The van der Waals surface area contributed by atoms with E-state index in [1.54, 1.807) is 0 Å². The summed E-state index contributed by atoms with van der Waals surface area (Å²) in [5.41, 5.74) is 0.954. The van der Waals surface area contributed by atoms with Gasteiger partial charge < -0.3 is 5.11 Å². The number of aromatic amines is 1. The molecule has 0 saturated carbocycles. The van der Waals surface area contributed by atoms with Crippen LogP contribution < -0.4 is 0 Å². The maximum atomic E-state index is 11.5. The van der Waals surface area contributed by atoms with E-state index in [4.69, 9.17) is 5.11 Å². The number of aromatic nitrogens is 2. The molecule has 1 aromatic rings. The summed E-state index contributed by atoms with van der Waals surface area (Å²) in [7, 11) is 0. The van der Waals surface area contributed by atoms with Crippen molar-refractivity contribution in [2.45, 2.75) is 25.7 Å². The van der Waals surface area contributed by atoms with Crippen LogP contribution in [0.2, 0.25) is 0 Å². The number of carbonyl (C=O) groups is 2. The predicted octanol–water partition coefficient (Wildman–Crippen LogP) is 1.02. The number of nitrogens with zero attached hydrogens (tertiary/aromatic N) is 1. The van der Waals surface area contributed by atoms with E-state index in [1.807, 2.05) is 0 Å². The summed E-state index contributed by atoms with van der Waals surface area (Å²) in [6, 6.07) is 0. The fraction of sp³-hybridized carbons (Fsp3) is 0.444. The van der Waals surface area contributed by atoms with Crippen LogP contribution in [0.5, 0.6) is 0 Å². The number of nitrogens with one attached hydrogen (secondary N) is 1. The summed E-state index contributed by atoms with van der Waals surface area (Å²) in [5.74, 6) is -1.10. The average Bonchev–Trinajstić information content (AvgIpc) is 2.48. The maximum Gasteiger partial charge on any atom is 0.354 e. The van der Waals surface area contributed by atoms with Gasteiger partial charge in [-0.25, -0.2) is 4.79 Å². The Morgan fingerprint density at radius 3 is 2.79 bits per heavy atom. The van der Waals surface area contributed by atoms with Gasteiger partial charge in [-0.15, -0.1) is 0 Å². The molecular weight excluding hydrogens is 184 g/mol. The number of ketones is 1. The Balaban J connectivity index is 2.50. The highest BCUT2D eigenvalue weighted by Crippen LogP contribution is 2.21. The van der Waals surface area contributed by atoms with Gasteiger partial charge >= 0.3 is 5.97 Å². The molecule has 0 amide bonds. The molecule has 5 heteroatoms. The number of fused-ring (bicyclic) bond motifs is 1. The Morgan fingerprint density at radius 1 is 1.36 bits per heavy atom. The first-order chi connectivity index (χ1) is 6.70. The number of Topliss-reactive ketones (excluding diaryl/α,β-unsaturated/α-hetero) is 1. The van der Waals surface area contributed by atoms with Gasteiger partial charge in [-0.3, -0.25) is 9.89 Å². The van der Waals surface area contributed by atoms with E-state index in [-0.39, 0.29) is 11.5 Å². The Bertz CT molecular complexity index is 395. The molecule has 14 heavy (non-hydrogen) atoms. The lowest BCUT2D eigenvalue weighted by Gasteiger charge is -1.95. The molecule has 0 aromatic carbocycles. The molecule has 2 rings (SSSR count).